The van der Waals surface area contributed by atoms with Crippen molar-refractivity contribution in [3.8, 4) is 0 Å². The van der Waals surface area contributed by atoms with Gasteiger partial charge in [-0.05, 0) is 31.2 Å². The zero-order valence-electron chi connectivity index (χ0n) is 17.7. The van der Waals surface area contributed by atoms with Crippen LogP contribution in [0.3, 0.4) is 0 Å². The van der Waals surface area contributed by atoms with Gasteiger partial charge in [-0.2, -0.15) is 0 Å². The van der Waals surface area contributed by atoms with Crippen LogP contribution in [0.4, 0.5) is 5.69 Å². The molecule has 166 valence electrons. The lowest BCUT2D eigenvalue weighted by atomic mass is 10.2. The van der Waals surface area contributed by atoms with Crippen molar-refractivity contribution >= 4 is 40.3 Å². The third-order valence-electron chi connectivity index (χ3n) is 4.60. The van der Waals surface area contributed by atoms with Crippen LogP contribution in [0.15, 0.2) is 54.7 Å². The lowest BCUT2D eigenvalue weighted by Crippen LogP contribution is -2.24. The normalized spacial score (nSPS) is 10.4. The number of rotatable bonds is 8. The Bertz CT molecular complexity index is 1170. The number of ether oxygens (including phenoxy) is 2. The molecule has 0 radical (unpaired) electrons. The Balaban J connectivity index is 1.60. The molecule has 0 aliphatic heterocycles. The number of carbonyl (C=O) groups is 4. The standard InChI is InChI=1S/C23H23N3O6/c1-3-24-22(29)15-7-6-8-16(11-15)25-20(27)14-32-21(28)13-26-12-18(23(30)31-2)17-9-4-5-10-19(17)26/h4-12H,3,13-14H2,1-2H3,(H,24,29)(H,25,27). The first kappa shape index (κ1) is 22.5. The maximum Gasteiger partial charge on any atom is 0.340 e. The molecule has 0 fully saturated rings. The average Bonchev–Trinajstić information content (AvgIpc) is 3.16. The van der Waals surface area contributed by atoms with Gasteiger partial charge >= 0.3 is 11.9 Å². The molecule has 2 N–H and O–H groups in total. The summed E-state index contributed by atoms with van der Waals surface area (Å²) in [6.07, 6.45) is 1.52. The molecule has 3 aromatic rings. The SMILES string of the molecule is CCNC(=O)c1cccc(NC(=O)COC(=O)Cn2cc(C(=O)OC)c3ccccc32)c1. The Kier molecular flexibility index (Phi) is 7.22. The first-order valence-electron chi connectivity index (χ1n) is 9.92. The van der Waals surface area contributed by atoms with Gasteiger partial charge in [-0.25, -0.2) is 4.79 Å². The Labute approximate surface area is 184 Å². The summed E-state index contributed by atoms with van der Waals surface area (Å²) in [7, 11) is 1.28. The Morgan fingerprint density at radius 2 is 1.81 bits per heavy atom. The van der Waals surface area contributed by atoms with Crippen LogP contribution in [0.5, 0.6) is 0 Å². The van der Waals surface area contributed by atoms with Gasteiger partial charge in [0.15, 0.2) is 6.61 Å². The van der Waals surface area contributed by atoms with E-state index in [0.29, 0.717) is 34.3 Å². The molecule has 0 bridgehead atoms. The van der Waals surface area contributed by atoms with E-state index in [4.69, 9.17) is 9.47 Å². The van der Waals surface area contributed by atoms with Gasteiger partial charge in [0.25, 0.3) is 11.8 Å². The quantitative estimate of drug-likeness (QED) is 0.523. The third-order valence-corrected chi connectivity index (χ3v) is 4.60. The fraction of sp³-hybridized carbons (Fsp3) is 0.217. The average molecular weight is 437 g/mol. The van der Waals surface area contributed by atoms with Crippen LogP contribution in [0.2, 0.25) is 0 Å². The predicted octanol–water partition coefficient (Wildman–Crippen LogP) is 2.36. The van der Waals surface area contributed by atoms with Gasteiger partial charge in [-0.3, -0.25) is 14.4 Å². The number of hydrogen-bond acceptors (Lipinski definition) is 6. The first-order chi connectivity index (χ1) is 15.4. The summed E-state index contributed by atoms with van der Waals surface area (Å²) in [6.45, 7) is 1.62. The molecular formula is C23H23N3O6. The van der Waals surface area contributed by atoms with Crippen molar-refractivity contribution in [2.45, 2.75) is 13.5 Å². The maximum absolute atomic E-state index is 12.3. The topological polar surface area (TPSA) is 116 Å². The van der Waals surface area contributed by atoms with E-state index in [-0.39, 0.29) is 12.5 Å². The van der Waals surface area contributed by atoms with E-state index in [1.165, 1.54) is 19.4 Å². The molecule has 0 saturated heterocycles. The summed E-state index contributed by atoms with van der Waals surface area (Å²) in [5.74, 6) is -1.95. The van der Waals surface area contributed by atoms with Crippen LogP contribution in [0.25, 0.3) is 10.9 Å². The van der Waals surface area contributed by atoms with Crippen molar-refractivity contribution in [1.82, 2.24) is 9.88 Å². The molecule has 0 atom stereocenters. The Morgan fingerprint density at radius 3 is 2.56 bits per heavy atom. The van der Waals surface area contributed by atoms with E-state index in [1.54, 1.807) is 47.0 Å². The summed E-state index contributed by atoms with van der Waals surface area (Å²) in [5, 5.41) is 5.92. The fourth-order valence-corrected chi connectivity index (χ4v) is 3.18. The van der Waals surface area contributed by atoms with Crippen molar-refractivity contribution in [1.29, 1.82) is 0 Å². The number of benzene rings is 2. The summed E-state index contributed by atoms with van der Waals surface area (Å²) in [5.41, 5.74) is 1.81. The Morgan fingerprint density at radius 1 is 1.03 bits per heavy atom. The van der Waals surface area contributed by atoms with Crippen LogP contribution in [-0.2, 0) is 25.6 Å². The molecule has 32 heavy (non-hydrogen) atoms. The number of fused-ring (bicyclic) bond motifs is 1. The molecule has 0 saturated carbocycles. The zero-order valence-corrected chi connectivity index (χ0v) is 17.7. The highest BCUT2D eigenvalue weighted by atomic mass is 16.5. The van der Waals surface area contributed by atoms with E-state index in [2.05, 4.69) is 10.6 Å². The number of carbonyl (C=O) groups excluding carboxylic acids is 4. The maximum atomic E-state index is 12.3. The second-order valence-electron chi connectivity index (χ2n) is 6.83. The molecule has 0 aliphatic rings. The molecule has 0 spiro atoms. The molecule has 9 nitrogen and oxygen atoms in total. The molecule has 2 amide bonds. The van der Waals surface area contributed by atoms with Gasteiger partial charge in [0.1, 0.15) is 6.54 Å². The summed E-state index contributed by atoms with van der Waals surface area (Å²) in [4.78, 5) is 48.3. The van der Waals surface area contributed by atoms with Crippen molar-refractivity contribution in [3.05, 3.63) is 65.9 Å². The van der Waals surface area contributed by atoms with Gasteiger partial charge in [-0.1, -0.05) is 24.3 Å². The fourth-order valence-electron chi connectivity index (χ4n) is 3.18. The summed E-state index contributed by atoms with van der Waals surface area (Å²) < 4.78 is 11.4. The first-order valence-corrected chi connectivity index (χ1v) is 9.92. The lowest BCUT2D eigenvalue weighted by Gasteiger charge is -2.09. The zero-order chi connectivity index (χ0) is 23.1. The summed E-state index contributed by atoms with van der Waals surface area (Å²) in [6, 6.07) is 13.5. The van der Waals surface area contributed by atoms with Crippen LogP contribution in [0, 0.1) is 0 Å². The predicted molar refractivity (Wildman–Crippen MR) is 117 cm³/mol. The molecule has 1 aromatic heterocycles. The summed E-state index contributed by atoms with van der Waals surface area (Å²) >= 11 is 0. The Hall–Kier alpha value is -4.14. The van der Waals surface area contributed by atoms with E-state index in [9.17, 15) is 19.2 Å². The minimum Gasteiger partial charge on any atom is -0.465 e. The minimum absolute atomic E-state index is 0.183. The number of anilines is 1. The number of nitrogens with one attached hydrogen (secondary N) is 2. The van der Waals surface area contributed by atoms with Gasteiger partial charge in [-0.15, -0.1) is 0 Å². The number of methoxy groups -OCH3 is 1. The highest BCUT2D eigenvalue weighted by Gasteiger charge is 2.17. The number of nitrogens with zero attached hydrogens (tertiary/aromatic N) is 1. The lowest BCUT2D eigenvalue weighted by molar-refractivity contribution is -0.147. The second kappa shape index (κ2) is 10.3. The largest absolute Gasteiger partial charge is 0.465 e. The number of esters is 2. The number of para-hydroxylation sites is 1. The van der Waals surface area contributed by atoms with Crippen molar-refractivity contribution in [3.63, 3.8) is 0 Å². The molecule has 3 rings (SSSR count). The molecule has 0 aliphatic carbocycles. The molecule has 2 aromatic carbocycles. The smallest absolute Gasteiger partial charge is 0.340 e. The van der Waals surface area contributed by atoms with Crippen LogP contribution in [-0.4, -0.2) is 48.6 Å². The van der Waals surface area contributed by atoms with Crippen molar-refractivity contribution < 1.29 is 28.7 Å². The number of aromatic nitrogens is 1. The van der Waals surface area contributed by atoms with Crippen molar-refractivity contribution in [2.75, 3.05) is 25.6 Å². The number of amides is 2. The van der Waals surface area contributed by atoms with Crippen LogP contribution >= 0.6 is 0 Å². The highest BCUT2D eigenvalue weighted by Crippen LogP contribution is 2.22. The highest BCUT2D eigenvalue weighted by molar-refractivity contribution is 6.04. The van der Waals surface area contributed by atoms with E-state index >= 15 is 0 Å². The molecule has 0 unspecified atom stereocenters. The van der Waals surface area contributed by atoms with Gasteiger partial charge < -0.3 is 24.7 Å². The van der Waals surface area contributed by atoms with Gasteiger partial charge in [0, 0.05) is 34.9 Å². The molecule has 1 heterocycles. The van der Waals surface area contributed by atoms with Crippen LogP contribution in [0.1, 0.15) is 27.6 Å². The van der Waals surface area contributed by atoms with Crippen molar-refractivity contribution in [2.24, 2.45) is 0 Å². The van der Waals surface area contributed by atoms with E-state index in [0.717, 1.165) is 0 Å². The van der Waals surface area contributed by atoms with Gasteiger partial charge in [0.2, 0.25) is 0 Å². The van der Waals surface area contributed by atoms with E-state index < -0.39 is 24.5 Å². The molecule has 9 heteroatoms. The van der Waals surface area contributed by atoms with E-state index in [1.807, 2.05) is 6.92 Å². The van der Waals surface area contributed by atoms with Crippen LogP contribution < -0.4 is 10.6 Å². The minimum atomic E-state index is -0.645. The monoisotopic (exact) mass is 437 g/mol. The number of hydrogen-bond donors (Lipinski definition) is 2. The molecular weight excluding hydrogens is 414 g/mol. The second-order valence-corrected chi connectivity index (χ2v) is 6.83. The third kappa shape index (κ3) is 5.31. The van der Waals surface area contributed by atoms with Gasteiger partial charge in [0.05, 0.1) is 12.7 Å².